The molecule has 0 bridgehead atoms. The van der Waals surface area contributed by atoms with Gasteiger partial charge in [-0.3, -0.25) is 0 Å². The third-order valence-electron chi connectivity index (χ3n) is 9.29. The van der Waals surface area contributed by atoms with E-state index in [0.29, 0.717) is 0 Å². The van der Waals surface area contributed by atoms with Gasteiger partial charge in [-0.1, -0.05) is 104 Å². The summed E-state index contributed by atoms with van der Waals surface area (Å²) in [6, 6.07) is 3.97. The van der Waals surface area contributed by atoms with Crippen LogP contribution in [0.3, 0.4) is 0 Å². The lowest BCUT2D eigenvalue weighted by Gasteiger charge is -2.42. The minimum atomic E-state index is -1.83. The second kappa shape index (κ2) is 10.3. The number of rotatable bonds is 10. The van der Waals surface area contributed by atoms with Gasteiger partial charge in [0.2, 0.25) is 0 Å². The molecule has 5 heteroatoms. The molecule has 188 valence electrons. The fourth-order valence-corrected chi connectivity index (χ4v) is 9.44. The zero-order valence-corrected chi connectivity index (χ0v) is 27.1. The highest BCUT2D eigenvalue weighted by Crippen LogP contribution is 2.49. The standard InChI is InChI=1S/C27H56O2Si3/c1-15-32(16-2,17-3)20-24-19-27(18-23(24)4,21-28-30(11,12)25(5,6)7)22-29-31(13,14)26(8,9)10/h20H,4,15-19,21-22H2,1-3,5-14H3/b24-20-. The minimum Gasteiger partial charge on any atom is -0.416 e. The Morgan fingerprint density at radius 1 is 0.781 bits per heavy atom. The third-order valence-corrected chi connectivity index (χ3v) is 23.4. The van der Waals surface area contributed by atoms with Crippen LogP contribution in [0.5, 0.6) is 0 Å². The van der Waals surface area contributed by atoms with Crippen molar-refractivity contribution in [3.05, 3.63) is 23.4 Å². The van der Waals surface area contributed by atoms with Crippen LogP contribution in [-0.4, -0.2) is 37.9 Å². The van der Waals surface area contributed by atoms with E-state index in [9.17, 15) is 0 Å². The number of allylic oxidation sites excluding steroid dienone is 2. The van der Waals surface area contributed by atoms with Crippen molar-refractivity contribution in [2.75, 3.05) is 13.2 Å². The van der Waals surface area contributed by atoms with Crippen molar-refractivity contribution < 1.29 is 8.85 Å². The minimum absolute atomic E-state index is 0.0311. The molecule has 0 aromatic heterocycles. The van der Waals surface area contributed by atoms with Gasteiger partial charge < -0.3 is 8.85 Å². The molecule has 0 spiro atoms. The molecule has 32 heavy (non-hydrogen) atoms. The van der Waals surface area contributed by atoms with Crippen molar-refractivity contribution in [2.24, 2.45) is 5.41 Å². The maximum absolute atomic E-state index is 6.86. The largest absolute Gasteiger partial charge is 0.416 e. The summed E-state index contributed by atoms with van der Waals surface area (Å²) in [5, 5.41) is 0.439. The highest BCUT2D eigenvalue weighted by Gasteiger charge is 2.46. The smallest absolute Gasteiger partial charge is 0.192 e. The van der Waals surface area contributed by atoms with Crippen LogP contribution < -0.4 is 0 Å². The van der Waals surface area contributed by atoms with Gasteiger partial charge in [-0.2, -0.15) is 0 Å². The molecular weight excluding hydrogens is 441 g/mol. The van der Waals surface area contributed by atoms with Gasteiger partial charge in [-0.05, 0) is 49.1 Å². The first kappa shape index (κ1) is 30.1. The molecule has 1 saturated carbocycles. The number of hydrogen-bond acceptors (Lipinski definition) is 2. The summed E-state index contributed by atoms with van der Waals surface area (Å²) in [6.45, 7) is 36.8. The normalized spacial score (nSPS) is 19.8. The van der Waals surface area contributed by atoms with Gasteiger partial charge in [0.25, 0.3) is 0 Å². The Hall–Kier alpha value is 0.0506. The Kier molecular flexibility index (Phi) is 9.73. The van der Waals surface area contributed by atoms with Crippen molar-refractivity contribution in [3.8, 4) is 0 Å². The molecular formula is C27H56O2Si3. The van der Waals surface area contributed by atoms with Crippen molar-refractivity contribution >= 4 is 24.7 Å². The predicted molar refractivity (Wildman–Crippen MR) is 152 cm³/mol. The third kappa shape index (κ3) is 7.03. The zero-order chi connectivity index (χ0) is 25.2. The molecule has 0 saturated heterocycles. The fraction of sp³-hybridized carbons (Fsp3) is 0.852. The topological polar surface area (TPSA) is 18.5 Å². The first-order chi connectivity index (χ1) is 14.3. The first-order valence-electron chi connectivity index (χ1n) is 13.0. The van der Waals surface area contributed by atoms with Crippen LogP contribution in [0.4, 0.5) is 0 Å². The number of hydrogen-bond donors (Lipinski definition) is 0. The second-order valence-electron chi connectivity index (χ2n) is 13.6. The Morgan fingerprint density at radius 2 is 1.16 bits per heavy atom. The lowest BCUT2D eigenvalue weighted by Crippen LogP contribution is -2.47. The molecule has 0 N–H and O–H groups in total. The molecule has 0 radical (unpaired) electrons. The van der Waals surface area contributed by atoms with E-state index in [2.05, 4.69) is 101 Å². The Labute approximate surface area is 204 Å². The summed E-state index contributed by atoms with van der Waals surface area (Å²) in [5.41, 5.74) is 5.62. The van der Waals surface area contributed by atoms with Gasteiger partial charge >= 0.3 is 0 Å². The molecule has 2 nitrogen and oxygen atoms in total. The SMILES string of the molecule is C=C1CC(CO[Si](C)(C)C(C)(C)C)(CO[Si](C)(C)C(C)(C)C)C/C1=C/[Si](CC)(CC)CC. The second-order valence-corrected chi connectivity index (χ2v) is 28.4. The quantitative estimate of drug-likeness (QED) is 0.280. The lowest BCUT2D eigenvalue weighted by atomic mass is 9.88. The van der Waals surface area contributed by atoms with Gasteiger partial charge in [0.15, 0.2) is 16.6 Å². The highest BCUT2D eigenvalue weighted by atomic mass is 28.4. The van der Waals surface area contributed by atoms with Gasteiger partial charge in [-0.15, -0.1) is 0 Å². The average Bonchev–Trinajstić information content (AvgIpc) is 2.97. The Balaban J connectivity index is 3.29. The Bertz CT molecular complexity index is 636. The van der Waals surface area contributed by atoms with E-state index in [4.69, 9.17) is 8.85 Å². The van der Waals surface area contributed by atoms with Crippen molar-refractivity contribution in [2.45, 2.75) is 130 Å². The highest BCUT2D eigenvalue weighted by molar-refractivity contribution is 6.84. The molecule has 0 amide bonds. The zero-order valence-electron chi connectivity index (χ0n) is 24.1. The molecule has 0 aliphatic heterocycles. The predicted octanol–water partition coefficient (Wildman–Crippen LogP) is 9.34. The lowest BCUT2D eigenvalue weighted by molar-refractivity contribution is 0.0759. The van der Waals surface area contributed by atoms with Crippen LogP contribution >= 0.6 is 0 Å². The Morgan fingerprint density at radius 3 is 1.47 bits per heavy atom. The van der Waals surface area contributed by atoms with E-state index in [-0.39, 0.29) is 15.5 Å². The molecule has 1 aliphatic carbocycles. The van der Waals surface area contributed by atoms with E-state index < -0.39 is 24.7 Å². The summed E-state index contributed by atoms with van der Waals surface area (Å²) in [7, 11) is -5.01. The van der Waals surface area contributed by atoms with Gasteiger partial charge in [0.05, 0.1) is 8.07 Å². The van der Waals surface area contributed by atoms with Gasteiger partial charge in [0, 0.05) is 18.6 Å². The van der Waals surface area contributed by atoms with Crippen LogP contribution in [0.1, 0.15) is 75.2 Å². The van der Waals surface area contributed by atoms with Crippen molar-refractivity contribution in [3.63, 3.8) is 0 Å². The summed E-state index contributed by atoms with van der Waals surface area (Å²) in [5.74, 6) is 0. The van der Waals surface area contributed by atoms with E-state index in [1.165, 1.54) is 29.3 Å². The summed E-state index contributed by atoms with van der Waals surface area (Å²) < 4.78 is 13.7. The van der Waals surface area contributed by atoms with Crippen molar-refractivity contribution in [1.82, 2.24) is 0 Å². The van der Waals surface area contributed by atoms with Gasteiger partial charge in [-0.25, -0.2) is 0 Å². The molecule has 0 heterocycles. The summed E-state index contributed by atoms with van der Waals surface area (Å²) in [6.07, 6.45) is 2.09. The average molecular weight is 497 g/mol. The summed E-state index contributed by atoms with van der Waals surface area (Å²) in [4.78, 5) is 0. The molecule has 1 aliphatic rings. The van der Waals surface area contributed by atoms with Crippen LogP contribution in [0.2, 0.25) is 54.4 Å². The monoisotopic (exact) mass is 496 g/mol. The first-order valence-corrected chi connectivity index (χ1v) is 21.5. The molecule has 0 atom stereocenters. The van der Waals surface area contributed by atoms with Crippen LogP contribution in [0.25, 0.3) is 0 Å². The molecule has 0 unspecified atom stereocenters. The van der Waals surface area contributed by atoms with Crippen LogP contribution in [0, 0.1) is 5.41 Å². The molecule has 1 fully saturated rings. The van der Waals surface area contributed by atoms with Crippen molar-refractivity contribution in [1.29, 1.82) is 0 Å². The van der Waals surface area contributed by atoms with Crippen LogP contribution in [-0.2, 0) is 8.85 Å². The summed E-state index contributed by atoms with van der Waals surface area (Å²) >= 11 is 0. The molecule has 0 aromatic carbocycles. The fourth-order valence-electron chi connectivity index (χ4n) is 4.08. The van der Waals surface area contributed by atoms with E-state index in [0.717, 1.165) is 26.1 Å². The van der Waals surface area contributed by atoms with Crippen LogP contribution in [0.15, 0.2) is 23.4 Å². The van der Waals surface area contributed by atoms with E-state index in [1.54, 1.807) is 0 Å². The maximum Gasteiger partial charge on any atom is 0.192 e. The maximum atomic E-state index is 6.86. The molecule has 1 rings (SSSR count). The van der Waals surface area contributed by atoms with Gasteiger partial charge in [0.1, 0.15) is 0 Å². The van der Waals surface area contributed by atoms with E-state index >= 15 is 0 Å². The van der Waals surface area contributed by atoms with E-state index in [1.807, 2.05) is 0 Å². The molecule has 0 aromatic rings.